The van der Waals surface area contributed by atoms with Crippen molar-refractivity contribution in [2.75, 3.05) is 37.8 Å². The lowest BCUT2D eigenvalue weighted by Gasteiger charge is -2.40. The summed E-state index contributed by atoms with van der Waals surface area (Å²) in [7, 11) is 3.93. The largest absolute Gasteiger partial charge is 0.375 e. The zero-order valence-corrected chi connectivity index (χ0v) is 16.8. The molecule has 3 heterocycles. The quantitative estimate of drug-likeness (QED) is 0.865. The van der Waals surface area contributed by atoms with Crippen LogP contribution in [-0.4, -0.2) is 52.9 Å². The highest BCUT2D eigenvalue weighted by molar-refractivity contribution is 7.13. The lowest BCUT2D eigenvalue weighted by atomic mass is 9.77. The molecule has 2 aromatic heterocycles. The van der Waals surface area contributed by atoms with Gasteiger partial charge in [0.05, 0.1) is 11.4 Å². The van der Waals surface area contributed by atoms with Crippen LogP contribution in [-0.2, 0) is 23.1 Å². The molecule has 0 saturated carbocycles. The number of likely N-dealkylation sites (tertiary alicyclic amines) is 1. The number of nitrogens with two attached hydrogens (primary N) is 1. The number of carbonyl (C=O) groups is 1. The zero-order valence-electron chi connectivity index (χ0n) is 15.9. The molecule has 0 radical (unpaired) electrons. The van der Waals surface area contributed by atoms with Crippen molar-refractivity contribution in [1.29, 1.82) is 0 Å². The number of hydrogen-bond acceptors (Lipinski definition) is 7. The predicted molar refractivity (Wildman–Crippen MR) is 107 cm³/mol. The fourth-order valence-electron chi connectivity index (χ4n) is 4.32. The SMILES string of the molecule is CN(C)c1ncc2c(n1)C1(CCCN(C(=O)CCc3csc(N)n3)C1)CC2. The summed E-state index contributed by atoms with van der Waals surface area (Å²) < 4.78 is 0. The Morgan fingerprint density at radius 2 is 2.22 bits per heavy atom. The van der Waals surface area contributed by atoms with Crippen LogP contribution in [0.1, 0.15) is 42.6 Å². The fourth-order valence-corrected chi connectivity index (χ4v) is 4.92. The third-order valence-electron chi connectivity index (χ3n) is 5.72. The van der Waals surface area contributed by atoms with Crippen LogP contribution in [0.25, 0.3) is 0 Å². The van der Waals surface area contributed by atoms with E-state index in [4.69, 9.17) is 10.7 Å². The van der Waals surface area contributed by atoms with Gasteiger partial charge in [-0.1, -0.05) is 0 Å². The van der Waals surface area contributed by atoms with Gasteiger partial charge in [-0.3, -0.25) is 4.79 Å². The van der Waals surface area contributed by atoms with Crippen LogP contribution in [0.3, 0.4) is 0 Å². The number of nitrogens with zero attached hydrogens (tertiary/aromatic N) is 5. The van der Waals surface area contributed by atoms with Crippen molar-refractivity contribution in [3.8, 4) is 0 Å². The van der Waals surface area contributed by atoms with Gasteiger partial charge in [0.15, 0.2) is 5.13 Å². The first-order chi connectivity index (χ1) is 13.0. The molecule has 8 heteroatoms. The number of fused-ring (bicyclic) bond motifs is 2. The topological polar surface area (TPSA) is 88.2 Å². The van der Waals surface area contributed by atoms with Crippen LogP contribution in [0.5, 0.6) is 0 Å². The number of piperidine rings is 1. The minimum atomic E-state index is -0.0119. The summed E-state index contributed by atoms with van der Waals surface area (Å²) in [5, 5.41) is 2.50. The molecule has 2 aliphatic rings. The van der Waals surface area contributed by atoms with E-state index in [0.29, 0.717) is 18.0 Å². The van der Waals surface area contributed by atoms with Crippen molar-refractivity contribution in [1.82, 2.24) is 19.9 Å². The number of aromatic nitrogens is 3. The molecule has 0 aromatic carbocycles. The molecule has 1 amide bonds. The lowest BCUT2D eigenvalue weighted by molar-refractivity contribution is -0.133. The van der Waals surface area contributed by atoms with Crippen LogP contribution in [0.4, 0.5) is 11.1 Å². The zero-order chi connectivity index (χ0) is 19.0. The van der Waals surface area contributed by atoms with E-state index in [2.05, 4.69) is 9.97 Å². The molecule has 1 atom stereocenters. The van der Waals surface area contributed by atoms with Crippen LogP contribution in [0, 0.1) is 0 Å². The fraction of sp³-hybridized carbons (Fsp3) is 0.579. The molecular formula is C19H26N6OS. The second-order valence-corrected chi connectivity index (χ2v) is 8.70. The van der Waals surface area contributed by atoms with Gasteiger partial charge in [0.2, 0.25) is 11.9 Å². The van der Waals surface area contributed by atoms with E-state index in [1.165, 1.54) is 16.9 Å². The number of amides is 1. The van der Waals surface area contributed by atoms with E-state index in [1.54, 1.807) is 0 Å². The molecule has 1 spiro atoms. The maximum Gasteiger partial charge on any atom is 0.225 e. The standard InChI is InChI=1S/C19H26N6OS/c1-24(2)18-21-10-13-6-8-19(16(13)23-18)7-3-9-25(12-19)15(26)5-4-14-11-27-17(20)22-14/h10-11H,3-9,12H2,1-2H3,(H2,20,22). The Kier molecular flexibility index (Phi) is 4.75. The summed E-state index contributed by atoms with van der Waals surface area (Å²) in [6.45, 7) is 1.60. The van der Waals surface area contributed by atoms with Gasteiger partial charge >= 0.3 is 0 Å². The van der Waals surface area contributed by atoms with E-state index >= 15 is 0 Å². The van der Waals surface area contributed by atoms with Crippen molar-refractivity contribution in [3.63, 3.8) is 0 Å². The van der Waals surface area contributed by atoms with E-state index in [-0.39, 0.29) is 11.3 Å². The minimum absolute atomic E-state index is 0.0119. The van der Waals surface area contributed by atoms with Gasteiger partial charge in [0.1, 0.15) is 0 Å². The molecule has 4 rings (SSSR count). The Labute approximate surface area is 163 Å². The number of aryl methyl sites for hydroxylation is 2. The first kappa shape index (κ1) is 18.2. The van der Waals surface area contributed by atoms with Crippen molar-refractivity contribution >= 4 is 28.3 Å². The van der Waals surface area contributed by atoms with Gasteiger partial charge in [0, 0.05) is 50.6 Å². The third-order valence-corrected chi connectivity index (χ3v) is 6.44. The summed E-state index contributed by atoms with van der Waals surface area (Å²) in [6.07, 6.45) is 7.29. The normalized spacial score (nSPS) is 21.5. The van der Waals surface area contributed by atoms with E-state index in [9.17, 15) is 4.79 Å². The Hall–Kier alpha value is -2.22. The Morgan fingerprint density at radius 1 is 1.37 bits per heavy atom. The molecule has 7 nitrogen and oxygen atoms in total. The highest BCUT2D eigenvalue weighted by Gasteiger charge is 2.44. The van der Waals surface area contributed by atoms with Gasteiger partial charge in [-0.2, -0.15) is 0 Å². The smallest absolute Gasteiger partial charge is 0.225 e. The maximum atomic E-state index is 12.8. The molecule has 27 heavy (non-hydrogen) atoms. The van der Waals surface area contributed by atoms with Gasteiger partial charge in [-0.05, 0) is 37.7 Å². The number of rotatable bonds is 4. The second-order valence-electron chi connectivity index (χ2n) is 7.81. The van der Waals surface area contributed by atoms with Gasteiger partial charge in [-0.25, -0.2) is 15.0 Å². The average molecular weight is 387 g/mol. The predicted octanol–water partition coefficient (Wildman–Crippen LogP) is 2.02. The molecule has 2 N–H and O–H groups in total. The van der Waals surface area contributed by atoms with Gasteiger partial charge < -0.3 is 15.5 Å². The van der Waals surface area contributed by atoms with Crippen molar-refractivity contribution < 1.29 is 4.79 Å². The summed E-state index contributed by atoms with van der Waals surface area (Å²) in [5.74, 6) is 0.954. The second kappa shape index (κ2) is 7.07. The first-order valence-electron chi connectivity index (χ1n) is 9.48. The molecule has 2 aromatic rings. The maximum absolute atomic E-state index is 12.8. The Morgan fingerprint density at radius 3 is 2.96 bits per heavy atom. The van der Waals surface area contributed by atoms with Crippen molar-refractivity contribution in [3.05, 3.63) is 28.5 Å². The van der Waals surface area contributed by atoms with Crippen LogP contribution < -0.4 is 10.6 Å². The van der Waals surface area contributed by atoms with Crippen LogP contribution >= 0.6 is 11.3 Å². The summed E-state index contributed by atoms with van der Waals surface area (Å²) in [6, 6.07) is 0. The molecule has 1 fully saturated rings. The van der Waals surface area contributed by atoms with Gasteiger partial charge in [-0.15, -0.1) is 11.3 Å². The number of nitrogen functional groups attached to an aromatic ring is 1. The highest BCUT2D eigenvalue weighted by atomic mass is 32.1. The molecule has 144 valence electrons. The molecule has 0 bridgehead atoms. The number of anilines is 2. The molecule has 1 unspecified atom stereocenters. The first-order valence-corrected chi connectivity index (χ1v) is 10.4. The number of carbonyl (C=O) groups excluding carboxylic acids is 1. The molecular weight excluding hydrogens is 360 g/mol. The Balaban J connectivity index is 1.48. The third kappa shape index (κ3) is 3.50. The summed E-state index contributed by atoms with van der Waals surface area (Å²) in [4.78, 5) is 30.4. The van der Waals surface area contributed by atoms with Crippen molar-refractivity contribution in [2.45, 2.75) is 43.9 Å². The van der Waals surface area contributed by atoms with E-state index in [0.717, 1.165) is 56.1 Å². The van der Waals surface area contributed by atoms with Crippen LogP contribution in [0.2, 0.25) is 0 Å². The van der Waals surface area contributed by atoms with E-state index in [1.807, 2.05) is 35.5 Å². The van der Waals surface area contributed by atoms with Crippen molar-refractivity contribution in [2.24, 2.45) is 0 Å². The van der Waals surface area contributed by atoms with Gasteiger partial charge in [0.25, 0.3) is 0 Å². The molecule has 1 saturated heterocycles. The summed E-state index contributed by atoms with van der Waals surface area (Å²) in [5.41, 5.74) is 8.98. The highest BCUT2D eigenvalue weighted by Crippen LogP contribution is 2.44. The number of thiazole rings is 1. The minimum Gasteiger partial charge on any atom is -0.375 e. The van der Waals surface area contributed by atoms with E-state index < -0.39 is 0 Å². The monoisotopic (exact) mass is 386 g/mol. The molecule has 1 aliphatic carbocycles. The lowest BCUT2D eigenvalue weighted by Crippen LogP contribution is -2.48. The van der Waals surface area contributed by atoms with Crippen LogP contribution in [0.15, 0.2) is 11.6 Å². The summed E-state index contributed by atoms with van der Waals surface area (Å²) >= 11 is 1.43. The number of hydrogen-bond donors (Lipinski definition) is 1. The Bertz CT molecular complexity index is 846. The average Bonchev–Trinajstić information content (AvgIpc) is 3.23. The molecule has 1 aliphatic heterocycles.